The van der Waals surface area contributed by atoms with Gasteiger partial charge in [0.15, 0.2) is 11.5 Å². The molecule has 0 saturated carbocycles. The molecule has 43 heavy (non-hydrogen) atoms. The van der Waals surface area contributed by atoms with Crippen LogP contribution in [0.5, 0.6) is 11.5 Å². The van der Waals surface area contributed by atoms with Crippen molar-refractivity contribution < 1.29 is 53.7 Å². The molecule has 0 bridgehead atoms. The average molecular weight is 606 g/mol. The molecule has 0 aliphatic carbocycles. The van der Waals surface area contributed by atoms with E-state index in [0.717, 1.165) is 44.5 Å². The van der Waals surface area contributed by atoms with Crippen LogP contribution in [0, 0.1) is 17.6 Å². The summed E-state index contributed by atoms with van der Waals surface area (Å²) in [5, 5.41) is 36.0. The molecule has 0 aromatic heterocycles. The van der Waals surface area contributed by atoms with Crippen LogP contribution in [0.2, 0.25) is 0 Å². The first-order chi connectivity index (χ1) is 20.1. The normalized spacial score (nSPS) is 13.7. The lowest BCUT2D eigenvalue weighted by Crippen LogP contribution is -2.44. The molecule has 0 amide bonds. The number of methoxy groups -OCH3 is 1. The van der Waals surface area contributed by atoms with Crippen LogP contribution < -0.4 is 9.47 Å². The molecule has 4 rings (SSSR count). The third kappa shape index (κ3) is 9.45. The van der Waals surface area contributed by atoms with Crippen LogP contribution in [-0.2, 0) is 21.8 Å². The standard InChI is InChI=1S/C29H33F2NO4.C2H2O4.H2O/c1-35-28-19-21(20-33)3-12-27(28)36-18-2-15-32-16-13-24(14-17-32)29(34,22-4-8-25(30)9-5-22)23-6-10-26(31)11-7-23;3-1(4)2(5)6;/h3-12,19,24,33-34H,2,13-18,20H2,1H3;(H,3,4)(H,5,6);1H2. The molecular formula is C31H37F2NO9. The molecule has 12 heteroatoms. The topological polar surface area (TPSA) is 168 Å². The van der Waals surface area contributed by atoms with Crippen molar-refractivity contribution >= 4 is 11.9 Å². The summed E-state index contributed by atoms with van der Waals surface area (Å²) in [6.45, 7) is 2.96. The molecule has 0 spiro atoms. The van der Waals surface area contributed by atoms with E-state index in [4.69, 9.17) is 29.3 Å². The van der Waals surface area contributed by atoms with Crippen LogP contribution >= 0.6 is 0 Å². The molecular weight excluding hydrogens is 568 g/mol. The molecule has 1 fully saturated rings. The van der Waals surface area contributed by atoms with E-state index >= 15 is 0 Å². The van der Waals surface area contributed by atoms with Gasteiger partial charge >= 0.3 is 11.9 Å². The summed E-state index contributed by atoms with van der Waals surface area (Å²) >= 11 is 0. The molecule has 0 atom stereocenters. The maximum Gasteiger partial charge on any atom is 0.414 e. The summed E-state index contributed by atoms with van der Waals surface area (Å²) in [6.07, 6.45) is 2.33. The summed E-state index contributed by atoms with van der Waals surface area (Å²) in [5.41, 5.74) is 0.670. The monoisotopic (exact) mass is 605 g/mol. The SMILES string of the molecule is COc1cc(CO)ccc1OCCCN1CCC(C(O)(c2ccc(F)cc2)c2ccc(F)cc2)CC1.O.O=C(O)C(=O)O. The Morgan fingerprint density at radius 3 is 1.84 bits per heavy atom. The van der Waals surface area contributed by atoms with Crippen molar-refractivity contribution in [1.29, 1.82) is 0 Å². The number of nitrogens with zero attached hydrogens (tertiary/aromatic N) is 1. The number of aliphatic hydroxyl groups is 2. The minimum absolute atomic E-state index is 0. The predicted molar refractivity (Wildman–Crippen MR) is 153 cm³/mol. The van der Waals surface area contributed by atoms with E-state index in [-0.39, 0.29) is 29.6 Å². The molecule has 1 heterocycles. The van der Waals surface area contributed by atoms with Gasteiger partial charge in [-0.3, -0.25) is 0 Å². The van der Waals surface area contributed by atoms with Crippen LogP contribution in [0.1, 0.15) is 36.0 Å². The molecule has 3 aromatic rings. The first-order valence-corrected chi connectivity index (χ1v) is 13.4. The zero-order valence-electron chi connectivity index (χ0n) is 23.7. The van der Waals surface area contributed by atoms with Crippen LogP contribution in [-0.4, -0.2) is 76.1 Å². The molecule has 3 aromatic carbocycles. The van der Waals surface area contributed by atoms with Crippen molar-refractivity contribution in [1.82, 2.24) is 4.90 Å². The Kier molecular flexibility index (Phi) is 13.5. The number of hydrogen-bond acceptors (Lipinski definition) is 7. The molecule has 0 radical (unpaired) electrons. The number of piperidine rings is 1. The number of halogens is 2. The molecule has 1 aliphatic heterocycles. The van der Waals surface area contributed by atoms with Crippen molar-refractivity contribution in [3.05, 3.63) is 95.1 Å². The van der Waals surface area contributed by atoms with Gasteiger partial charge in [-0.15, -0.1) is 0 Å². The lowest BCUT2D eigenvalue weighted by molar-refractivity contribution is -0.159. The Labute approximate surface area is 248 Å². The highest BCUT2D eigenvalue weighted by molar-refractivity contribution is 6.27. The molecule has 10 nitrogen and oxygen atoms in total. The summed E-state index contributed by atoms with van der Waals surface area (Å²) in [7, 11) is 1.58. The largest absolute Gasteiger partial charge is 0.493 e. The zero-order valence-corrected chi connectivity index (χ0v) is 23.7. The first kappa shape index (κ1) is 35.1. The Hall–Kier alpha value is -4.10. The molecule has 234 valence electrons. The maximum atomic E-state index is 13.6. The average Bonchev–Trinajstić information content (AvgIpc) is 3.00. The fraction of sp³-hybridized carbons (Fsp3) is 0.355. The van der Waals surface area contributed by atoms with Gasteiger partial charge < -0.3 is 40.3 Å². The third-order valence-corrected chi connectivity index (χ3v) is 7.22. The van der Waals surface area contributed by atoms with E-state index < -0.39 is 17.5 Å². The van der Waals surface area contributed by atoms with Crippen LogP contribution in [0.4, 0.5) is 8.78 Å². The van der Waals surface area contributed by atoms with Crippen molar-refractivity contribution in [2.24, 2.45) is 5.92 Å². The predicted octanol–water partition coefficient (Wildman–Crippen LogP) is 3.21. The smallest absolute Gasteiger partial charge is 0.414 e. The number of hydrogen-bond donors (Lipinski definition) is 4. The number of benzene rings is 3. The highest BCUT2D eigenvalue weighted by atomic mass is 19.1. The number of carbonyl (C=O) groups is 2. The highest BCUT2D eigenvalue weighted by Crippen LogP contribution is 2.42. The van der Waals surface area contributed by atoms with Crippen LogP contribution in [0.3, 0.4) is 0 Å². The number of aliphatic carboxylic acids is 2. The summed E-state index contributed by atoms with van der Waals surface area (Å²) < 4.78 is 38.4. The van der Waals surface area contributed by atoms with E-state index in [1.165, 1.54) is 24.3 Å². The highest BCUT2D eigenvalue weighted by Gasteiger charge is 2.41. The fourth-order valence-electron chi connectivity index (χ4n) is 5.02. The summed E-state index contributed by atoms with van der Waals surface area (Å²) in [6, 6.07) is 17.3. The quantitative estimate of drug-likeness (QED) is 0.200. The molecule has 6 N–H and O–H groups in total. The first-order valence-electron chi connectivity index (χ1n) is 13.4. The van der Waals surface area contributed by atoms with E-state index in [1.807, 2.05) is 12.1 Å². The van der Waals surface area contributed by atoms with Gasteiger partial charge in [-0.2, -0.15) is 0 Å². The Morgan fingerprint density at radius 1 is 0.884 bits per heavy atom. The second-order valence-electron chi connectivity index (χ2n) is 9.85. The van der Waals surface area contributed by atoms with Gasteiger partial charge in [0.1, 0.15) is 17.2 Å². The van der Waals surface area contributed by atoms with E-state index in [1.54, 1.807) is 37.4 Å². The maximum absolute atomic E-state index is 13.6. The van der Waals surface area contributed by atoms with Crippen molar-refractivity contribution in [3.8, 4) is 11.5 Å². The minimum Gasteiger partial charge on any atom is -0.493 e. The summed E-state index contributed by atoms with van der Waals surface area (Å²) in [5.74, 6) is -3.21. The second kappa shape index (κ2) is 16.5. The van der Waals surface area contributed by atoms with E-state index in [2.05, 4.69) is 4.90 Å². The zero-order chi connectivity index (χ0) is 30.7. The summed E-state index contributed by atoms with van der Waals surface area (Å²) in [4.78, 5) is 20.5. The van der Waals surface area contributed by atoms with Gasteiger partial charge in [0.05, 0.1) is 20.3 Å². The van der Waals surface area contributed by atoms with Crippen LogP contribution in [0.25, 0.3) is 0 Å². The third-order valence-electron chi connectivity index (χ3n) is 7.22. The minimum atomic E-state index is -1.82. The van der Waals surface area contributed by atoms with E-state index in [0.29, 0.717) is 29.2 Å². The van der Waals surface area contributed by atoms with Gasteiger partial charge in [-0.1, -0.05) is 30.3 Å². The number of ether oxygens (including phenoxy) is 2. The van der Waals surface area contributed by atoms with Gasteiger partial charge in [0.25, 0.3) is 0 Å². The van der Waals surface area contributed by atoms with Gasteiger partial charge in [0.2, 0.25) is 0 Å². The number of likely N-dealkylation sites (tertiary alicyclic amines) is 1. The number of aliphatic hydroxyl groups excluding tert-OH is 1. The fourth-order valence-corrected chi connectivity index (χ4v) is 5.02. The lowest BCUT2D eigenvalue weighted by Gasteiger charge is -2.42. The number of rotatable bonds is 10. The Bertz CT molecular complexity index is 1250. The van der Waals surface area contributed by atoms with Gasteiger partial charge in [-0.05, 0) is 91.4 Å². The van der Waals surface area contributed by atoms with Crippen molar-refractivity contribution in [2.45, 2.75) is 31.5 Å². The Morgan fingerprint density at radius 2 is 1.40 bits per heavy atom. The van der Waals surface area contributed by atoms with E-state index in [9.17, 15) is 19.0 Å². The second-order valence-corrected chi connectivity index (χ2v) is 9.85. The molecule has 1 saturated heterocycles. The molecule has 0 unspecified atom stereocenters. The van der Waals surface area contributed by atoms with Crippen LogP contribution in [0.15, 0.2) is 66.7 Å². The number of carboxylic acids is 2. The Balaban J connectivity index is 0.000000837. The van der Waals surface area contributed by atoms with Crippen molar-refractivity contribution in [3.63, 3.8) is 0 Å². The van der Waals surface area contributed by atoms with Gasteiger partial charge in [-0.25, -0.2) is 18.4 Å². The lowest BCUT2D eigenvalue weighted by atomic mass is 9.72. The van der Waals surface area contributed by atoms with Gasteiger partial charge in [0, 0.05) is 6.54 Å². The van der Waals surface area contributed by atoms with Crippen molar-refractivity contribution in [2.75, 3.05) is 33.4 Å². The molecule has 1 aliphatic rings. The number of carboxylic acid groups (broad SMARTS) is 2.